The van der Waals surface area contributed by atoms with Gasteiger partial charge in [0.25, 0.3) is 17.2 Å². The molecular weight excluding hydrogens is 386 g/mol. The Bertz CT molecular complexity index is 1130. The lowest BCUT2D eigenvalue weighted by atomic mass is 10.2. The summed E-state index contributed by atoms with van der Waals surface area (Å²) >= 11 is 5.96. The lowest BCUT2D eigenvalue weighted by molar-refractivity contribution is -0.384. The number of aromatic amines is 1. The van der Waals surface area contributed by atoms with Crippen LogP contribution in [0, 0.1) is 17.0 Å². The molecule has 2 aromatic carbocycles. The summed E-state index contributed by atoms with van der Waals surface area (Å²) in [6.45, 7) is 1.70. The van der Waals surface area contributed by atoms with Crippen LogP contribution in [0.1, 0.15) is 21.6 Å². The molecule has 0 aliphatic carbocycles. The van der Waals surface area contributed by atoms with Crippen LogP contribution in [0.5, 0.6) is 0 Å². The molecule has 1 heterocycles. The molecule has 0 aliphatic heterocycles. The molecule has 0 atom stereocenters. The van der Waals surface area contributed by atoms with Crippen molar-refractivity contribution in [2.24, 2.45) is 5.10 Å². The number of benzene rings is 2. The number of amides is 1. The number of nitro benzene ring substituents is 1. The predicted molar refractivity (Wildman–Crippen MR) is 104 cm³/mol. The summed E-state index contributed by atoms with van der Waals surface area (Å²) in [6.07, 6.45) is 1.23. The van der Waals surface area contributed by atoms with Crippen LogP contribution in [0.4, 0.5) is 5.69 Å². The molecule has 0 saturated heterocycles. The summed E-state index contributed by atoms with van der Waals surface area (Å²) in [5, 5.41) is 17.9. The van der Waals surface area contributed by atoms with Gasteiger partial charge >= 0.3 is 0 Å². The number of carbonyl (C=O) groups is 1. The van der Waals surface area contributed by atoms with Gasteiger partial charge in [0.15, 0.2) is 0 Å². The van der Waals surface area contributed by atoms with E-state index < -0.39 is 10.8 Å². The van der Waals surface area contributed by atoms with Crippen molar-refractivity contribution in [3.8, 4) is 5.69 Å². The number of carbonyl (C=O) groups excluding carboxylic acids is 1. The molecule has 0 spiro atoms. The Morgan fingerprint density at radius 3 is 2.64 bits per heavy atom. The van der Waals surface area contributed by atoms with Gasteiger partial charge in [-0.15, -0.1) is 0 Å². The Hall–Kier alpha value is -3.72. The molecule has 0 radical (unpaired) electrons. The molecule has 1 amide bonds. The molecule has 0 fully saturated rings. The quantitative estimate of drug-likeness (QED) is 0.389. The minimum Gasteiger partial charge on any atom is -0.295 e. The van der Waals surface area contributed by atoms with Crippen LogP contribution >= 0.6 is 11.6 Å². The number of rotatable bonds is 5. The van der Waals surface area contributed by atoms with E-state index in [9.17, 15) is 19.7 Å². The van der Waals surface area contributed by atoms with Crippen LogP contribution < -0.4 is 11.0 Å². The van der Waals surface area contributed by atoms with Crippen molar-refractivity contribution in [3.05, 3.63) is 90.8 Å². The predicted octanol–water partition coefficient (Wildman–Crippen LogP) is 2.80. The summed E-state index contributed by atoms with van der Waals surface area (Å²) in [6, 6.07) is 11.8. The van der Waals surface area contributed by atoms with Gasteiger partial charge in [0.05, 0.1) is 22.4 Å². The zero-order chi connectivity index (χ0) is 20.3. The van der Waals surface area contributed by atoms with E-state index in [0.717, 1.165) is 0 Å². The van der Waals surface area contributed by atoms with Gasteiger partial charge in [-0.1, -0.05) is 17.7 Å². The number of nitrogens with zero attached hydrogens (tertiary/aromatic N) is 3. The van der Waals surface area contributed by atoms with Crippen molar-refractivity contribution in [1.82, 2.24) is 15.2 Å². The number of non-ortho nitro benzene ring substituents is 1. The number of hydrogen-bond acceptors (Lipinski definition) is 5. The van der Waals surface area contributed by atoms with E-state index in [4.69, 9.17) is 11.6 Å². The maximum atomic E-state index is 12.6. The van der Waals surface area contributed by atoms with Crippen LogP contribution in [0.2, 0.25) is 5.02 Å². The average molecular weight is 400 g/mol. The third-order valence-corrected chi connectivity index (χ3v) is 4.12. The highest BCUT2D eigenvalue weighted by molar-refractivity contribution is 6.30. The summed E-state index contributed by atoms with van der Waals surface area (Å²) in [5.41, 5.74) is 3.40. The first-order chi connectivity index (χ1) is 13.4. The summed E-state index contributed by atoms with van der Waals surface area (Å²) in [4.78, 5) is 34.7. The van der Waals surface area contributed by atoms with Crippen LogP contribution in [0.15, 0.2) is 58.4 Å². The molecule has 0 bridgehead atoms. The second-order valence-electron chi connectivity index (χ2n) is 5.77. The lowest BCUT2D eigenvalue weighted by Crippen LogP contribution is -2.20. The van der Waals surface area contributed by atoms with Gasteiger partial charge in [-0.05, 0) is 37.3 Å². The standard InChI is InChI=1S/C18H14ClN5O4/c1-11-16(18(26)23(22-11)15-4-2-3-13(19)9-15)10-20-21-17(25)12-5-7-14(8-6-12)24(27)28/h2-10,22H,1H3,(H,21,25). The van der Waals surface area contributed by atoms with Crippen molar-refractivity contribution >= 4 is 29.4 Å². The summed E-state index contributed by atoms with van der Waals surface area (Å²) < 4.78 is 1.32. The van der Waals surface area contributed by atoms with E-state index in [0.29, 0.717) is 16.4 Å². The molecule has 2 N–H and O–H groups in total. The fourth-order valence-electron chi connectivity index (χ4n) is 2.46. The number of H-pyrrole nitrogens is 1. The van der Waals surface area contributed by atoms with Gasteiger partial charge < -0.3 is 0 Å². The van der Waals surface area contributed by atoms with Crippen molar-refractivity contribution in [1.29, 1.82) is 0 Å². The van der Waals surface area contributed by atoms with Crippen molar-refractivity contribution in [2.45, 2.75) is 6.92 Å². The number of hydrogen-bond donors (Lipinski definition) is 2. The Balaban J connectivity index is 1.76. The van der Waals surface area contributed by atoms with Gasteiger partial charge in [-0.25, -0.2) is 10.1 Å². The monoisotopic (exact) mass is 399 g/mol. The van der Waals surface area contributed by atoms with Crippen LogP contribution in [-0.4, -0.2) is 26.8 Å². The minimum absolute atomic E-state index is 0.121. The summed E-state index contributed by atoms with van der Waals surface area (Å²) in [5.74, 6) is -0.561. The van der Waals surface area contributed by atoms with Crippen molar-refractivity contribution in [2.75, 3.05) is 0 Å². The summed E-state index contributed by atoms with van der Waals surface area (Å²) in [7, 11) is 0. The fraction of sp³-hybridized carbons (Fsp3) is 0.0556. The van der Waals surface area contributed by atoms with E-state index in [2.05, 4.69) is 15.6 Å². The lowest BCUT2D eigenvalue weighted by Gasteiger charge is -2.01. The maximum Gasteiger partial charge on any atom is 0.280 e. The van der Waals surface area contributed by atoms with Crippen LogP contribution in [0.25, 0.3) is 5.69 Å². The van der Waals surface area contributed by atoms with Crippen molar-refractivity contribution < 1.29 is 9.72 Å². The highest BCUT2D eigenvalue weighted by Gasteiger charge is 2.12. The molecule has 0 aliphatic rings. The third kappa shape index (κ3) is 3.99. The molecule has 3 aromatic rings. The van der Waals surface area contributed by atoms with Gasteiger partial charge in [0.2, 0.25) is 0 Å². The topological polar surface area (TPSA) is 122 Å². The molecule has 3 rings (SSSR count). The van der Waals surface area contributed by atoms with Gasteiger partial charge in [-0.2, -0.15) is 5.10 Å². The maximum absolute atomic E-state index is 12.6. The molecule has 9 nitrogen and oxygen atoms in total. The number of aromatic nitrogens is 2. The molecular formula is C18H14ClN5O4. The zero-order valence-corrected chi connectivity index (χ0v) is 15.3. The zero-order valence-electron chi connectivity index (χ0n) is 14.5. The second-order valence-corrected chi connectivity index (χ2v) is 6.21. The molecule has 1 aromatic heterocycles. The van der Waals surface area contributed by atoms with Crippen molar-refractivity contribution in [3.63, 3.8) is 0 Å². The van der Waals surface area contributed by atoms with Crippen LogP contribution in [0.3, 0.4) is 0 Å². The molecule has 0 unspecified atom stereocenters. The first-order valence-electron chi connectivity index (χ1n) is 8.02. The first-order valence-corrected chi connectivity index (χ1v) is 8.40. The van der Waals surface area contributed by atoms with E-state index in [1.165, 1.54) is 35.2 Å². The number of halogens is 1. The smallest absolute Gasteiger partial charge is 0.280 e. The molecule has 142 valence electrons. The molecule has 0 saturated carbocycles. The van der Waals surface area contributed by atoms with Gasteiger partial charge in [-0.3, -0.25) is 24.8 Å². The molecule has 28 heavy (non-hydrogen) atoms. The number of aryl methyl sites for hydroxylation is 1. The van der Waals surface area contributed by atoms with E-state index in [-0.39, 0.29) is 22.4 Å². The Kier molecular flexibility index (Phi) is 5.37. The highest BCUT2D eigenvalue weighted by Crippen LogP contribution is 2.14. The van der Waals surface area contributed by atoms with Gasteiger partial charge in [0.1, 0.15) is 0 Å². The average Bonchev–Trinajstić information content (AvgIpc) is 2.96. The molecule has 10 heteroatoms. The van der Waals surface area contributed by atoms with E-state index in [1.54, 1.807) is 31.2 Å². The second kappa shape index (κ2) is 7.89. The van der Waals surface area contributed by atoms with E-state index in [1.807, 2.05) is 0 Å². The number of nitro groups is 1. The first kappa shape index (κ1) is 19.1. The van der Waals surface area contributed by atoms with E-state index >= 15 is 0 Å². The SMILES string of the molecule is Cc1[nH]n(-c2cccc(Cl)c2)c(=O)c1C=NNC(=O)c1ccc([N+](=O)[O-])cc1. The Morgan fingerprint density at radius 1 is 1.29 bits per heavy atom. The fourth-order valence-corrected chi connectivity index (χ4v) is 2.65. The Labute approximate surface area is 163 Å². The Morgan fingerprint density at radius 2 is 2.00 bits per heavy atom. The largest absolute Gasteiger partial charge is 0.295 e. The number of nitrogens with one attached hydrogen (secondary N) is 2. The van der Waals surface area contributed by atoms with Gasteiger partial charge in [0, 0.05) is 28.4 Å². The third-order valence-electron chi connectivity index (χ3n) is 3.88. The van der Waals surface area contributed by atoms with Crippen LogP contribution in [-0.2, 0) is 0 Å². The minimum atomic E-state index is -0.561. The normalized spacial score (nSPS) is 10.9. The number of hydrazone groups is 1. The highest BCUT2D eigenvalue weighted by atomic mass is 35.5.